The molecular weight excluding hydrogens is 477 g/mol. The van der Waals surface area contributed by atoms with Crippen molar-refractivity contribution in [2.75, 3.05) is 80.5 Å². The van der Waals surface area contributed by atoms with Crippen molar-refractivity contribution in [2.24, 2.45) is 0 Å². The largest absolute Gasteiger partial charge is 0.347 e. The highest BCUT2D eigenvalue weighted by Gasteiger charge is 2.23. The molecule has 6 amide bonds. The predicted octanol–water partition coefficient (Wildman–Crippen LogP) is -2.74. The molecule has 6 radical (unpaired) electrons. The van der Waals surface area contributed by atoms with Gasteiger partial charge in [-0.15, -0.1) is 0 Å². The van der Waals surface area contributed by atoms with Crippen LogP contribution in [0.15, 0.2) is 0 Å². The van der Waals surface area contributed by atoms with Gasteiger partial charge in [0.25, 0.3) is 0 Å². The van der Waals surface area contributed by atoms with Crippen LogP contribution in [0.2, 0.25) is 19.0 Å². The molecule has 0 saturated heterocycles. The summed E-state index contributed by atoms with van der Waals surface area (Å²) < 4.78 is 0. The molecule has 0 aliphatic rings. The molecule has 0 saturated carbocycles. The van der Waals surface area contributed by atoms with E-state index < -0.39 is 17.7 Å². The van der Waals surface area contributed by atoms with Crippen LogP contribution in [0.1, 0.15) is 6.92 Å². The number of carbonyl (C=O) groups is 6. The van der Waals surface area contributed by atoms with Gasteiger partial charge in [-0.2, -0.15) is 0 Å². The van der Waals surface area contributed by atoms with Crippen molar-refractivity contribution < 1.29 is 28.8 Å². The van der Waals surface area contributed by atoms with E-state index in [0.29, 0.717) is 6.54 Å². The summed E-state index contributed by atoms with van der Waals surface area (Å²) in [5.41, 5.74) is 0. The summed E-state index contributed by atoms with van der Waals surface area (Å²) in [5, 5.41) is 0. The van der Waals surface area contributed by atoms with Gasteiger partial charge in [0.15, 0.2) is 0 Å². The zero-order valence-corrected chi connectivity index (χ0v) is 22.6. The number of amides is 6. The van der Waals surface area contributed by atoms with Gasteiger partial charge >= 0.3 is 0 Å². The minimum Gasteiger partial charge on any atom is -0.347 e. The highest BCUT2D eigenvalue weighted by atomic mass is 16.2. The lowest BCUT2D eigenvalue weighted by Gasteiger charge is -2.29. The quantitative estimate of drug-likeness (QED) is 0.206. The van der Waals surface area contributed by atoms with Crippen LogP contribution in [-0.2, 0) is 28.8 Å². The molecule has 0 aliphatic heterocycles. The minimum atomic E-state index is -0.479. The van der Waals surface area contributed by atoms with E-state index >= 15 is 0 Å². The molecule has 37 heavy (non-hydrogen) atoms. The number of nitrogens with zero attached hydrogens (tertiary/aromatic N) is 6. The first-order chi connectivity index (χ1) is 17.3. The maximum Gasteiger partial charge on any atom is 0.241 e. The van der Waals surface area contributed by atoms with Crippen LogP contribution < -0.4 is 0 Å². The van der Waals surface area contributed by atoms with Crippen LogP contribution in [0.3, 0.4) is 0 Å². The fourth-order valence-corrected chi connectivity index (χ4v) is 3.01. The first kappa shape index (κ1) is 34.0. The molecular formula is C22H37B3N6O6. The lowest BCUT2D eigenvalue weighted by atomic mass is 10.0. The van der Waals surface area contributed by atoms with Crippen LogP contribution >= 0.6 is 0 Å². The maximum atomic E-state index is 12.8. The van der Waals surface area contributed by atoms with Crippen LogP contribution in [0, 0.1) is 0 Å². The molecule has 15 heteroatoms. The summed E-state index contributed by atoms with van der Waals surface area (Å²) >= 11 is 0. The third kappa shape index (κ3) is 12.2. The van der Waals surface area contributed by atoms with E-state index in [4.69, 9.17) is 23.5 Å². The second kappa shape index (κ2) is 17.5. The van der Waals surface area contributed by atoms with Crippen LogP contribution in [-0.4, -0.2) is 169 Å². The Kier molecular flexibility index (Phi) is 16.1. The third-order valence-corrected chi connectivity index (χ3v) is 5.70. The normalized spacial score (nSPS) is 10.3. The lowest BCUT2D eigenvalue weighted by Crippen LogP contribution is -2.48. The first-order valence-electron chi connectivity index (χ1n) is 11.9. The molecule has 200 valence electrons. The highest BCUT2D eigenvalue weighted by Crippen LogP contribution is 2.02. The Morgan fingerprint density at radius 3 is 1.14 bits per heavy atom. The SMILES string of the molecule is [B]CC(=O)N(CCN(C)C(=O)CN(CCN(C)C(=O)CN(CC)C(=O)C[B])C(=O)C[B])CC(=O)N(C)C. The second-order valence-electron chi connectivity index (χ2n) is 8.57. The molecule has 0 aliphatic carbocycles. The van der Waals surface area contributed by atoms with Gasteiger partial charge in [0, 0.05) is 60.9 Å². The van der Waals surface area contributed by atoms with Crippen LogP contribution in [0.5, 0.6) is 0 Å². The maximum absolute atomic E-state index is 12.8. The van der Waals surface area contributed by atoms with E-state index in [1.807, 2.05) is 0 Å². The van der Waals surface area contributed by atoms with Crippen LogP contribution in [0.25, 0.3) is 0 Å². The third-order valence-electron chi connectivity index (χ3n) is 5.70. The molecule has 12 nitrogen and oxygen atoms in total. The second-order valence-corrected chi connectivity index (χ2v) is 8.57. The van der Waals surface area contributed by atoms with Crippen molar-refractivity contribution >= 4 is 59.0 Å². The van der Waals surface area contributed by atoms with Crippen LogP contribution in [0.4, 0.5) is 0 Å². The van der Waals surface area contributed by atoms with Crippen molar-refractivity contribution in [3.63, 3.8) is 0 Å². The molecule has 0 aromatic carbocycles. The lowest BCUT2D eigenvalue weighted by molar-refractivity contribution is -0.141. The fourth-order valence-electron chi connectivity index (χ4n) is 3.01. The van der Waals surface area contributed by atoms with Crippen molar-refractivity contribution in [2.45, 2.75) is 25.9 Å². The van der Waals surface area contributed by atoms with Crippen molar-refractivity contribution in [1.29, 1.82) is 0 Å². The summed E-state index contributed by atoms with van der Waals surface area (Å²) in [6.45, 7) is 1.79. The summed E-state index contributed by atoms with van der Waals surface area (Å²) in [7, 11) is 22.5. The first-order valence-corrected chi connectivity index (χ1v) is 11.9. The molecule has 0 bridgehead atoms. The van der Waals surface area contributed by atoms with Gasteiger partial charge < -0.3 is 29.4 Å². The van der Waals surface area contributed by atoms with Gasteiger partial charge in [-0.3, -0.25) is 28.8 Å². The summed E-state index contributed by atoms with van der Waals surface area (Å²) in [5.74, 6) is -2.31. The Morgan fingerprint density at radius 2 is 0.811 bits per heavy atom. The number of hydrogen-bond donors (Lipinski definition) is 0. The summed E-state index contributed by atoms with van der Waals surface area (Å²) in [6.07, 6.45) is -0.808. The predicted molar refractivity (Wildman–Crippen MR) is 141 cm³/mol. The Bertz CT molecular complexity index is 816. The Labute approximate surface area is 223 Å². The van der Waals surface area contributed by atoms with E-state index in [1.54, 1.807) is 21.0 Å². The van der Waals surface area contributed by atoms with E-state index in [-0.39, 0.29) is 82.5 Å². The molecule has 0 spiro atoms. The van der Waals surface area contributed by atoms with Gasteiger partial charge in [-0.05, 0) is 25.9 Å². The number of carbonyl (C=O) groups excluding carboxylic acids is 6. The van der Waals surface area contributed by atoms with E-state index in [2.05, 4.69) is 0 Å². The Balaban J connectivity index is 5.07. The summed E-state index contributed by atoms with van der Waals surface area (Å²) in [4.78, 5) is 81.4. The average Bonchev–Trinajstić information content (AvgIpc) is 2.89. The van der Waals surface area contributed by atoms with E-state index in [9.17, 15) is 28.8 Å². The standard InChI is InChI=1S/C22H37B3N6O6/c1-6-29(17(32)11-23)15-21(36)27(4)8-10-31(19(34)13-25)16-22(37)28(5)7-9-30(18(33)12-24)14-20(35)26(2)3/h6-16H2,1-5H3. The van der Waals surface area contributed by atoms with E-state index in [1.165, 1.54) is 43.5 Å². The fraction of sp³-hybridized carbons (Fsp3) is 0.727. The number of rotatable bonds is 16. The molecule has 0 N–H and O–H groups in total. The zero-order valence-electron chi connectivity index (χ0n) is 22.6. The smallest absolute Gasteiger partial charge is 0.241 e. The molecule has 0 atom stereocenters. The molecule has 0 unspecified atom stereocenters. The Hall–Kier alpha value is -2.99. The highest BCUT2D eigenvalue weighted by molar-refractivity contribution is 6.20. The zero-order chi connectivity index (χ0) is 28.7. The van der Waals surface area contributed by atoms with E-state index in [0.717, 1.165) is 0 Å². The van der Waals surface area contributed by atoms with Crippen molar-refractivity contribution in [3.8, 4) is 0 Å². The minimum absolute atomic E-state index is 0.0456. The summed E-state index contributed by atoms with van der Waals surface area (Å²) in [6, 6.07) is 0. The molecule has 0 aromatic rings. The number of hydrogen-bond acceptors (Lipinski definition) is 6. The average molecular weight is 514 g/mol. The Morgan fingerprint density at radius 1 is 0.486 bits per heavy atom. The van der Waals surface area contributed by atoms with Gasteiger partial charge in [0.1, 0.15) is 0 Å². The molecule has 0 aromatic heterocycles. The van der Waals surface area contributed by atoms with Crippen molar-refractivity contribution in [3.05, 3.63) is 0 Å². The van der Waals surface area contributed by atoms with Gasteiger partial charge in [-0.25, -0.2) is 0 Å². The topological polar surface area (TPSA) is 122 Å². The van der Waals surface area contributed by atoms with Gasteiger partial charge in [0.2, 0.25) is 35.4 Å². The monoisotopic (exact) mass is 514 g/mol. The molecule has 0 heterocycles. The number of likely N-dealkylation sites (N-methyl/N-ethyl adjacent to an activating group) is 4. The molecule has 0 fully saturated rings. The van der Waals surface area contributed by atoms with Gasteiger partial charge in [-0.1, -0.05) is 0 Å². The molecule has 0 rings (SSSR count). The van der Waals surface area contributed by atoms with Gasteiger partial charge in [0.05, 0.1) is 43.2 Å². The van der Waals surface area contributed by atoms with Crippen molar-refractivity contribution in [1.82, 2.24) is 29.4 Å².